The lowest BCUT2D eigenvalue weighted by atomic mass is 10.1. The predicted octanol–water partition coefficient (Wildman–Crippen LogP) is 2.45. The van der Waals surface area contributed by atoms with Crippen LogP contribution in [0.2, 0.25) is 0 Å². The number of benzene rings is 1. The molecule has 1 aromatic rings. The average Bonchev–Trinajstić information content (AvgIpc) is 2.21. The molecule has 0 atom stereocenters. The summed E-state index contributed by atoms with van der Waals surface area (Å²) in [7, 11) is 0. The van der Waals surface area contributed by atoms with Gasteiger partial charge in [-0.15, -0.1) is 0 Å². The molecule has 2 nitrogen and oxygen atoms in total. The lowest BCUT2D eigenvalue weighted by Gasteiger charge is -2.02. The maximum Gasteiger partial charge on any atom is 0.0316 e. The van der Waals surface area contributed by atoms with E-state index in [1.807, 2.05) is 32.0 Å². The largest absolute Gasteiger partial charge is 0.399 e. The van der Waals surface area contributed by atoms with Crippen LogP contribution in [-0.4, -0.2) is 13.1 Å². The van der Waals surface area contributed by atoms with Crippen LogP contribution in [0.5, 0.6) is 0 Å². The maximum absolute atomic E-state index is 5.64. The van der Waals surface area contributed by atoms with Crippen molar-refractivity contribution in [1.82, 2.24) is 5.32 Å². The van der Waals surface area contributed by atoms with E-state index in [9.17, 15) is 0 Å². The van der Waals surface area contributed by atoms with Crippen molar-refractivity contribution in [1.29, 1.82) is 0 Å². The van der Waals surface area contributed by atoms with Gasteiger partial charge in [0.1, 0.15) is 0 Å². The Morgan fingerprint density at radius 2 is 2.00 bits per heavy atom. The van der Waals surface area contributed by atoms with E-state index < -0.39 is 0 Å². The lowest BCUT2D eigenvalue weighted by Crippen LogP contribution is -2.16. The highest BCUT2D eigenvalue weighted by Crippen LogP contribution is 2.06. The monoisotopic (exact) mass is 194 g/mol. The van der Waals surface area contributed by atoms with Gasteiger partial charge in [-0.2, -0.15) is 0 Å². The fourth-order valence-corrected chi connectivity index (χ4v) is 1.16. The Hall–Kier alpha value is -1.02. The molecular weight excluding hydrogens is 172 g/mol. The van der Waals surface area contributed by atoms with E-state index >= 15 is 0 Å². The van der Waals surface area contributed by atoms with Gasteiger partial charge in [-0.3, -0.25) is 0 Å². The third-order valence-corrected chi connectivity index (χ3v) is 1.79. The molecule has 1 rings (SSSR count). The minimum Gasteiger partial charge on any atom is -0.399 e. The van der Waals surface area contributed by atoms with E-state index in [0.29, 0.717) is 0 Å². The Morgan fingerprint density at radius 3 is 2.57 bits per heavy atom. The topological polar surface area (TPSA) is 38.0 Å². The van der Waals surface area contributed by atoms with E-state index in [0.717, 1.165) is 25.2 Å². The van der Waals surface area contributed by atoms with Gasteiger partial charge < -0.3 is 11.1 Å². The molecule has 0 aliphatic carbocycles. The number of nitrogen functional groups attached to an aromatic ring is 1. The molecule has 3 N–H and O–H groups in total. The summed E-state index contributed by atoms with van der Waals surface area (Å²) < 4.78 is 0. The van der Waals surface area contributed by atoms with Gasteiger partial charge in [-0.25, -0.2) is 0 Å². The SMILES string of the molecule is CC.CCNCCc1cccc(N)c1. The summed E-state index contributed by atoms with van der Waals surface area (Å²) in [5, 5.41) is 3.28. The minimum atomic E-state index is 0.851. The van der Waals surface area contributed by atoms with Crippen LogP contribution in [0.3, 0.4) is 0 Å². The van der Waals surface area contributed by atoms with Crippen LogP contribution in [0.25, 0.3) is 0 Å². The van der Waals surface area contributed by atoms with Crippen LogP contribution in [0, 0.1) is 0 Å². The van der Waals surface area contributed by atoms with E-state index in [2.05, 4.69) is 18.3 Å². The third kappa shape index (κ3) is 5.60. The van der Waals surface area contributed by atoms with Gasteiger partial charge in [0.2, 0.25) is 0 Å². The summed E-state index contributed by atoms with van der Waals surface area (Å²) in [5.74, 6) is 0. The highest BCUT2D eigenvalue weighted by molar-refractivity contribution is 5.40. The Bertz CT molecular complexity index is 234. The summed E-state index contributed by atoms with van der Waals surface area (Å²) in [4.78, 5) is 0. The number of hydrogen-bond acceptors (Lipinski definition) is 2. The molecule has 0 aromatic heterocycles. The van der Waals surface area contributed by atoms with Crippen LogP contribution in [0.4, 0.5) is 5.69 Å². The highest BCUT2D eigenvalue weighted by Gasteiger charge is 1.91. The Labute approximate surface area is 87.5 Å². The zero-order chi connectivity index (χ0) is 10.8. The molecule has 0 saturated heterocycles. The van der Waals surface area contributed by atoms with Gasteiger partial charge in [-0.1, -0.05) is 32.9 Å². The van der Waals surface area contributed by atoms with Crippen molar-refractivity contribution >= 4 is 5.69 Å². The van der Waals surface area contributed by atoms with Crippen molar-refractivity contribution in [3.8, 4) is 0 Å². The van der Waals surface area contributed by atoms with Gasteiger partial charge in [0.05, 0.1) is 0 Å². The number of likely N-dealkylation sites (N-methyl/N-ethyl adjacent to an activating group) is 1. The Kier molecular flexibility index (Phi) is 7.95. The fourth-order valence-electron chi connectivity index (χ4n) is 1.16. The average molecular weight is 194 g/mol. The van der Waals surface area contributed by atoms with Gasteiger partial charge in [0, 0.05) is 5.69 Å². The summed E-state index contributed by atoms with van der Waals surface area (Å²) in [6, 6.07) is 8.04. The molecule has 1 aromatic carbocycles. The van der Waals surface area contributed by atoms with E-state index in [-0.39, 0.29) is 0 Å². The van der Waals surface area contributed by atoms with E-state index in [4.69, 9.17) is 5.73 Å². The van der Waals surface area contributed by atoms with Gasteiger partial charge in [0.25, 0.3) is 0 Å². The van der Waals surface area contributed by atoms with Gasteiger partial charge in [0.15, 0.2) is 0 Å². The molecule has 0 heterocycles. The van der Waals surface area contributed by atoms with Gasteiger partial charge in [-0.05, 0) is 37.2 Å². The minimum absolute atomic E-state index is 0.851. The Balaban J connectivity index is 0.000000791. The second-order valence-electron chi connectivity index (χ2n) is 2.85. The molecular formula is C12H22N2. The first-order valence-corrected chi connectivity index (χ1v) is 5.38. The molecule has 2 heteroatoms. The number of nitrogens with two attached hydrogens (primary N) is 1. The second-order valence-corrected chi connectivity index (χ2v) is 2.85. The number of anilines is 1. The van der Waals surface area contributed by atoms with Crippen LogP contribution in [0.15, 0.2) is 24.3 Å². The molecule has 14 heavy (non-hydrogen) atoms. The highest BCUT2D eigenvalue weighted by atomic mass is 14.8. The number of hydrogen-bond donors (Lipinski definition) is 2. The molecule has 80 valence electrons. The van der Waals surface area contributed by atoms with Crippen molar-refractivity contribution in [2.24, 2.45) is 0 Å². The van der Waals surface area contributed by atoms with Crippen molar-refractivity contribution in [2.45, 2.75) is 27.2 Å². The second kappa shape index (κ2) is 8.57. The lowest BCUT2D eigenvalue weighted by molar-refractivity contribution is 0.717. The molecule has 0 amide bonds. The molecule has 0 saturated carbocycles. The molecule has 0 unspecified atom stereocenters. The normalized spacial score (nSPS) is 9.07. The summed E-state index contributed by atoms with van der Waals surface area (Å²) in [6.45, 7) is 8.17. The first kappa shape index (κ1) is 13.0. The molecule has 0 fully saturated rings. The van der Waals surface area contributed by atoms with Crippen molar-refractivity contribution in [2.75, 3.05) is 18.8 Å². The molecule has 0 spiro atoms. The van der Waals surface area contributed by atoms with E-state index in [1.165, 1.54) is 5.56 Å². The maximum atomic E-state index is 5.64. The number of nitrogens with one attached hydrogen (secondary N) is 1. The summed E-state index contributed by atoms with van der Waals surface area (Å²) >= 11 is 0. The van der Waals surface area contributed by atoms with Crippen LogP contribution >= 0.6 is 0 Å². The first-order chi connectivity index (χ1) is 6.83. The van der Waals surface area contributed by atoms with Crippen molar-refractivity contribution in [3.05, 3.63) is 29.8 Å². The van der Waals surface area contributed by atoms with Crippen molar-refractivity contribution < 1.29 is 0 Å². The molecule has 0 bridgehead atoms. The quantitative estimate of drug-likeness (QED) is 0.571. The molecule has 0 aliphatic heterocycles. The zero-order valence-corrected chi connectivity index (χ0v) is 9.51. The van der Waals surface area contributed by atoms with Gasteiger partial charge >= 0.3 is 0 Å². The predicted molar refractivity (Wildman–Crippen MR) is 64.5 cm³/mol. The van der Waals surface area contributed by atoms with Crippen molar-refractivity contribution in [3.63, 3.8) is 0 Å². The summed E-state index contributed by atoms with van der Waals surface area (Å²) in [5.41, 5.74) is 7.80. The van der Waals surface area contributed by atoms with E-state index in [1.54, 1.807) is 0 Å². The summed E-state index contributed by atoms with van der Waals surface area (Å²) in [6.07, 6.45) is 1.05. The standard InChI is InChI=1S/C10H16N2.C2H6/c1-2-12-7-6-9-4-3-5-10(11)8-9;1-2/h3-5,8,12H,2,6-7,11H2,1H3;1-2H3. The zero-order valence-electron chi connectivity index (χ0n) is 9.51. The van der Waals surface area contributed by atoms with Crippen LogP contribution in [0.1, 0.15) is 26.3 Å². The smallest absolute Gasteiger partial charge is 0.0316 e. The Morgan fingerprint density at radius 1 is 1.29 bits per heavy atom. The fraction of sp³-hybridized carbons (Fsp3) is 0.500. The van der Waals surface area contributed by atoms with Crippen LogP contribution < -0.4 is 11.1 Å². The molecule has 0 radical (unpaired) electrons. The third-order valence-electron chi connectivity index (χ3n) is 1.79. The number of rotatable bonds is 4. The van der Waals surface area contributed by atoms with Crippen LogP contribution in [-0.2, 0) is 6.42 Å². The molecule has 0 aliphatic rings. The first-order valence-electron chi connectivity index (χ1n) is 5.38.